The number of Topliss-reactive ketones (excluding diaryl/α,β-unsaturated/α-hetero) is 1. The lowest BCUT2D eigenvalue weighted by Crippen LogP contribution is -2.50. The second-order valence-electron chi connectivity index (χ2n) is 8.95. The molecule has 7 heteroatoms. The zero-order valence-corrected chi connectivity index (χ0v) is 19.5. The maximum Gasteiger partial charge on any atom is 0.247 e. The molecule has 1 aromatic rings. The molecule has 31 heavy (non-hydrogen) atoms. The molecule has 1 saturated heterocycles. The van der Waals surface area contributed by atoms with Crippen molar-refractivity contribution >= 4 is 15.8 Å². The van der Waals surface area contributed by atoms with Gasteiger partial charge in [0.2, 0.25) is 10.0 Å². The van der Waals surface area contributed by atoms with Crippen molar-refractivity contribution in [1.82, 2.24) is 4.31 Å². The Morgan fingerprint density at radius 2 is 1.94 bits per heavy atom. The third-order valence-corrected chi connectivity index (χ3v) is 8.32. The summed E-state index contributed by atoms with van der Waals surface area (Å²) in [7, 11) is -4.05. The van der Waals surface area contributed by atoms with E-state index in [0.29, 0.717) is 12.0 Å². The van der Waals surface area contributed by atoms with Gasteiger partial charge in [-0.15, -0.1) is 0 Å². The molecule has 1 aromatic carbocycles. The van der Waals surface area contributed by atoms with Gasteiger partial charge in [0, 0.05) is 11.5 Å². The van der Waals surface area contributed by atoms with Gasteiger partial charge in [0.15, 0.2) is 5.78 Å². The van der Waals surface area contributed by atoms with Crippen molar-refractivity contribution in [3.05, 3.63) is 41.0 Å². The third kappa shape index (κ3) is 4.58. The fourth-order valence-electron chi connectivity index (χ4n) is 4.62. The summed E-state index contributed by atoms with van der Waals surface area (Å²) in [6.07, 6.45) is 6.76. The topological polar surface area (TPSA) is 94.9 Å². The zero-order valence-electron chi connectivity index (χ0n) is 18.6. The van der Waals surface area contributed by atoms with Crippen LogP contribution in [-0.2, 0) is 21.2 Å². The number of carbonyl (C=O) groups excluding carboxylic acids is 1. The van der Waals surface area contributed by atoms with E-state index in [2.05, 4.69) is 13.5 Å². The number of allylic oxidation sites excluding steroid dienone is 3. The molecule has 2 unspecified atom stereocenters. The minimum Gasteiger partial charge on any atom is -0.507 e. The van der Waals surface area contributed by atoms with Gasteiger partial charge in [0.1, 0.15) is 16.4 Å². The molecular formula is C24H33NO5S. The lowest BCUT2D eigenvalue weighted by atomic mass is 9.73. The van der Waals surface area contributed by atoms with Gasteiger partial charge >= 0.3 is 0 Å². The predicted octanol–water partition coefficient (Wildman–Crippen LogP) is 4.42. The number of aryl methyl sites for hydroxylation is 1. The fourth-order valence-corrected chi connectivity index (χ4v) is 6.36. The molecule has 1 heterocycles. The second kappa shape index (κ2) is 9.17. The molecule has 0 saturated carbocycles. The summed E-state index contributed by atoms with van der Waals surface area (Å²) in [6.45, 7) is 9.70. The highest BCUT2D eigenvalue weighted by atomic mass is 32.2. The summed E-state index contributed by atoms with van der Waals surface area (Å²) in [4.78, 5) is 11.3. The van der Waals surface area contributed by atoms with E-state index in [0.717, 1.165) is 47.6 Å². The van der Waals surface area contributed by atoms with Crippen LogP contribution in [0.2, 0.25) is 0 Å². The molecule has 6 nitrogen and oxygen atoms in total. The van der Waals surface area contributed by atoms with Crippen LogP contribution in [0.15, 0.2) is 34.8 Å². The monoisotopic (exact) mass is 447 g/mol. The minimum atomic E-state index is -4.05. The number of aromatic hydroxyl groups is 2. The fraction of sp³-hybridized carbons (Fsp3) is 0.542. The number of phenols is 2. The van der Waals surface area contributed by atoms with Crippen LogP contribution >= 0.6 is 0 Å². The number of hydrogen-bond donors (Lipinski definition) is 2. The van der Waals surface area contributed by atoms with Gasteiger partial charge in [-0.2, -0.15) is 4.31 Å². The number of rotatable bonds is 8. The van der Waals surface area contributed by atoms with Gasteiger partial charge < -0.3 is 10.2 Å². The summed E-state index contributed by atoms with van der Waals surface area (Å²) in [5.74, 6) is -1.00. The smallest absolute Gasteiger partial charge is 0.247 e. The molecule has 1 aliphatic heterocycles. The quantitative estimate of drug-likeness (QED) is 0.454. The molecule has 2 aliphatic rings. The summed E-state index contributed by atoms with van der Waals surface area (Å²) in [5, 5.41) is 22.2. The van der Waals surface area contributed by atoms with Gasteiger partial charge in [-0.3, -0.25) is 4.79 Å². The molecule has 1 aliphatic carbocycles. The summed E-state index contributed by atoms with van der Waals surface area (Å²) >= 11 is 0. The Balaban J connectivity index is 2.18. The van der Waals surface area contributed by atoms with Crippen LogP contribution in [-0.4, -0.2) is 41.8 Å². The van der Waals surface area contributed by atoms with Crippen molar-refractivity contribution in [1.29, 1.82) is 0 Å². The van der Waals surface area contributed by atoms with Crippen LogP contribution in [0.1, 0.15) is 69.9 Å². The van der Waals surface area contributed by atoms with Crippen LogP contribution < -0.4 is 0 Å². The first-order valence-electron chi connectivity index (χ1n) is 11.0. The van der Waals surface area contributed by atoms with Crippen molar-refractivity contribution in [2.24, 2.45) is 5.92 Å². The standard InChI is InChI=1S/C24H33NO5S/c1-5-6-7-8-17-12-21(27)22(20-11-16(4)9-10-19(20)15(2)3)23(28)24(17)31(29,30)25-13-18(26)14-25/h11-12,19-20,27-28H,2,5-10,13-14H2,1,3-4H3. The predicted molar refractivity (Wildman–Crippen MR) is 121 cm³/mol. The zero-order chi connectivity index (χ0) is 22.9. The Morgan fingerprint density at radius 3 is 2.52 bits per heavy atom. The molecule has 2 N–H and O–H groups in total. The number of unbranched alkanes of at least 4 members (excludes halogenated alkanes) is 2. The molecule has 1 fully saturated rings. The molecule has 0 spiro atoms. The second-order valence-corrected chi connectivity index (χ2v) is 10.8. The molecule has 0 bridgehead atoms. The van der Waals surface area contributed by atoms with Gasteiger partial charge in [-0.25, -0.2) is 8.42 Å². The highest BCUT2D eigenvalue weighted by Crippen LogP contribution is 2.49. The Kier molecular flexibility index (Phi) is 6.96. The normalized spacial score (nSPS) is 22.2. The van der Waals surface area contributed by atoms with E-state index >= 15 is 0 Å². The molecule has 0 amide bonds. The molecular weight excluding hydrogens is 414 g/mol. The summed E-state index contributed by atoms with van der Waals surface area (Å²) in [6, 6.07) is 1.49. The average Bonchev–Trinajstić information content (AvgIpc) is 2.65. The third-order valence-electron chi connectivity index (χ3n) is 6.42. The van der Waals surface area contributed by atoms with Crippen molar-refractivity contribution in [2.45, 2.75) is 70.1 Å². The maximum absolute atomic E-state index is 13.4. The van der Waals surface area contributed by atoms with Gasteiger partial charge in [-0.1, -0.05) is 43.6 Å². The number of sulfonamides is 1. The number of phenolic OH excluding ortho intramolecular Hbond substituents is 2. The number of nitrogens with zero attached hydrogens (tertiary/aromatic N) is 1. The van der Waals surface area contributed by atoms with E-state index < -0.39 is 15.8 Å². The Hall–Kier alpha value is -2.12. The van der Waals surface area contributed by atoms with E-state index in [1.54, 1.807) is 0 Å². The maximum atomic E-state index is 13.4. The summed E-state index contributed by atoms with van der Waals surface area (Å²) in [5.41, 5.74) is 2.69. The van der Waals surface area contributed by atoms with Crippen LogP contribution in [0.3, 0.4) is 0 Å². The Morgan fingerprint density at radius 1 is 1.26 bits per heavy atom. The molecule has 3 rings (SSSR count). The minimum absolute atomic E-state index is 0.00687. The van der Waals surface area contributed by atoms with Crippen LogP contribution in [0.25, 0.3) is 0 Å². The van der Waals surface area contributed by atoms with E-state index in [1.165, 1.54) is 6.07 Å². The van der Waals surface area contributed by atoms with Crippen LogP contribution in [0.4, 0.5) is 0 Å². The largest absolute Gasteiger partial charge is 0.507 e. The van der Waals surface area contributed by atoms with Gasteiger partial charge in [0.25, 0.3) is 0 Å². The highest BCUT2D eigenvalue weighted by Gasteiger charge is 2.41. The molecule has 2 atom stereocenters. The Labute approximate surface area is 185 Å². The van der Waals surface area contributed by atoms with Gasteiger partial charge in [0.05, 0.1) is 13.1 Å². The SMILES string of the molecule is C=C(C)C1CCC(C)=CC1c1c(O)cc(CCCCC)c(S(=O)(=O)N2CC(=O)C2)c1O. The van der Waals surface area contributed by atoms with E-state index in [4.69, 9.17) is 0 Å². The Bertz CT molecular complexity index is 1020. The van der Waals surface area contributed by atoms with E-state index in [-0.39, 0.29) is 46.9 Å². The first kappa shape index (κ1) is 23.5. The summed E-state index contributed by atoms with van der Waals surface area (Å²) < 4.78 is 27.8. The lowest BCUT2D eigenvalue weighted by Gasteiger charge is -2.33. The highest BCUT2D eigenvalue weighted by molar-refractivity contribution is 7.89. The molecule has 170 valence electrons. The lowest BCUT2D eigenvalue weighted by molar-refractivity contribution is -0.125. The molecule has 0 radical (unpaired) electrons. The number of carbonyl (C=O) groups is 1. The van der Waals surface area contributed by atoms with Crippen molar-refractivity contribution in [3.8, 4) is 11.5 Å². The number of hydrogen-bond acceptors (Lipinski definition) is 5. The van der Waals surface area contributed by atoms with E-state index in [9.17, 15) is 23.4 Å². The van der Waals surface area contributed by atoms with E-state index in [1.807, 2.05) is 19.9 Å². The van der Waals surface area contributed by atoms with Crippen molar-refractivity contribution in [3.63, 3.8) is 0 Å². The first-order valence-corrected chi connectivity index (χ1v) is 12.4. The average molecular weight is 448 g/mol. The van der Waals surface area contributed by atoms with Crippen LogP contribution in [0, 0.1) is 5.92 Å². The first-order chi connectivity index (χ1) is 14.6. The van der Waals surface area contributed by atoms with Crippen LogP contribution in [0.5, 0.6) is 11.5 Å². The van der Waals surface area contributed by atoms with Crippen molar-refractivity contribution in [2.75, 3.05) is 13.1 Å². The number of benzene rings is 1. The van der Waals surface area contributed by atoms with Gasteiger partial charge in [-0.05, 0) is 57.1 Å². The van der Waals surface area contributed by atoms with Crippen molar-refractivity contribution < 1.29 is 23.4 Å². The number of ketones is 1. The molecule has 0 aromatic heterocycles.